The van der Waals surface area contributed by atoms with Gasteiger partial charge in [-0.25, -0.2) is 0 Å². The molecule has 1 aromatic carbocycles. The number of amides is 1. The van der Waals surface area contributed by atoms with E-state index in [9.17, 15) is 9.59 Å². The molecule has 1 aliphatic heterocycles. The van der Waals surface area contributed by atoms with Crippen molar-refractivity contribution in [3.63, 3.8) is 0 Å². The van der Waals surface area contributed by atoms with Crippen LogP contribution in [0, 0.1) is 11.3 Å². The fourth-order valence-electron chi connectivity index (χ4n) is 3.58. The molecule has 1 saturated carbocycles. The molecule has 1 N–H and O–H groups in total. The first-order valence-electron chi connectivity index (χ1n) is 7.44. The Kier molecular flexibility index (Phi) is 3.15. The number of hydrogen-bond donors (Lipinski definition) is 1. The van der Waals surface area contributed by atoms with Crippen LogP contribution in [-0.4, -0.2) is 18.2 Å². The first kappa shape index (κ1) is 13.3. The second-order valence-electron chi connectivity index (χ2n) is 6.68. The van der Waals surface area contributed by atoms with E-state index in [1.807, 2.05) is 12.1 Å². The Balaban J connectivity index is 1.93. The van der Waals surface area contributed by atoms with Crippen LogP contribution in [0.25, 0.3) is 0 Å². The summed E-state index contributed by atoms with van der Waals surface area (Å²) in [5.74, 6) is 0.243. The van der Waals surface area contributed by atoms with Gasteiger partial charge in [0.1, 0.15) is 0 Å². The van der Waals surface area contributed by atoms with E-state index in [2.05, 4.69) is 19.2 Å². The number of nitrogens with one attached hydrogen (secondary N) is 1. The molecule has 1 atom stereocenters. The number of hydrogen-bond acceptors (Lipinski definition) is 2. The van der Waals surface area contributed by atoms with Gasteiger partial charge in [0, 0.05) is 23.6 Å². The predicted molar refractivity (Wildman–Crippen MR) is 77.9 cm³/mol. The maximum atomic E-state index is 12.7. The topological polar surface area (TPSA) is 46.2 Å². The average Bonchev–Trinajstić information content (AvgIpc) is 2.78. The molecule has 0 saturated heterocycles. The first-order chi connectivity index (χ1) is 9.49. The summed E-state index contributed by atoms with van der Waals surface area (Å²) in [6.07, 6.45) is 4.04. The molecule has 3 rings (SSSR count). The molecule has 0 aromatic heterocycles. The lowest BCUT2D eigenvalue weighted by atomic mass is 9.77. The zero-order valence-corrected chi connectivity index (χ0v) is 12.2. The van der Waals surface area contributed by atoms with E-state index in [-0.39, 0.29) is 23.0 Å². The molecule has 1 unspecified atom stereocenters. The highest BCUT2D eigenvalue weighted by molar-refractivity contribution is 6.03. The third kappa shape index (κ3) is 2.15. The minimum Gasteiger partial charge on any atom is -0.352 e. The molecule has 1 fully saturated rings. The van der Waals surface area contributed by atoms with Gasteiger partial charge in [0.05, 0.1) is 0 Å². The van der Waals surface area contributed by atoms with E-state index in [1.165, 1.54) is 0 Å². The van der Waals surface area contributed by atoms with Crippen molar-refractivity contribution in [2.24, 2.45) is 11.3 Å². The van der Waals surface area contributed by atoms with Crippen LogP contribution in [0.1, 0.15) is 59.4 Å². The standard InChI is InChI=1S/C17H21NO2/c1-17(2)8-3-4-14(17)15(19)12-6-5-11-7-9-18-16(20)13(11)10-12/h5-6,10,14H,3-4,7-9H2,1-2H3,(H,18,20). The van der Waals surface area contributed by atoms with Crippen molar-refractivity contribution in [3.05, 3.63) is 34.9 Å². The van der Waals surface area contributed by atoms with Crippen LogP contribution in [0.3, 0.4) is 0 Å². The quantitative estimate of drug-likeness (QED) is 0.841. The molecule has 3 heteroatoms. The maximum Gasteiger partial charge on any atom is 0.251 e. The highest BCUT2D eigenvalue weighted by atomic mass is 16.1. The van der Waals surface area contributed by atoms with Crippen molar-refractivity contribution in [1.29, 1.82) is 0 Å². The number of Topliss-reactive ketones (excluding diaryl/α,β-unsaturated/α-hetero) is 1. The van der Waals surface area contributed by atoms with E-state index in [0.29, 0.717) is 17.7 Å². The molecule has 20 heavy (non-hydrogen) atoms. The molecular weight excluding hydrogens is 250 g/mol. The number of rotatable bonds is 2. The van der Waals surface area contributed by atoms with E-state index in [0.717, 1.165) is 31.2 Å². The summed E-state index contributed by atoms with van der Waals surface area (Å²) >= 11 is 0. The number of fused-ring (bicyclic) bond motifs is 1. The van der Waals surface area contributed by atoms with Gasteiger partial charge >= 0.3 is 0 Å². The summed E-state index contributed by atoms with van der Waals surface area (Å²) in [7, 11) is 0. The van der Waals surface area contributed by atoms with Crippen LogP contribution < -0.4 is 5.32 Å². The van der Waals surface area contributed by atoms with Crippen LogP contribution in [0.5, 0.6) is 0 Å². The van der Waals surface area contributed by atoms with Crippen molar-refractivity contribution in [2.75, 3.05) is 6.54 Å². The smallest absolute Gasteiger partial charge is 0.251 e. The van der Waals surface area contributed by atoms with Crippen molar-refractivity contribution >= 4 is 11.7 Å². The maximum absolute atomic E-state index is 12.7. The van der Waals surface area contributed by atoms with Crippen LogP contribution in [-0.2, 0) is 6.42 Å². The van der Waals surface area contributed by atoms with Crippen LogP contribution in [0.4, 0.5) is 0 Å². The Hall–Kier alpha value is -1.64. The Labute approximate surface area is 119 Å². The minimum atomic E-state index is -0.0495. The molecule has 0 radical (unpaired) electrons. The Morgan fingerprint density at radius 3 is 2.85 bits per heavy atom. The van der Waals surface area contributed by atoms with E-state index >= 15 is 0 Å². The summed E-state index contributed by atoms with van der Waals surface area (Å²) < 4.78 is 0. The molecule has 0 bridgehead atoms. The molecule has 2 aliphatic rings. The second-order valence-corrected chi connectivity index (χ2v) is 6.68. The lowest BCUT2D eigenvalue weighted by Crippen LogP contribution is -2.32. The number of benzene rings is 1. The van der Waals surface area contributed by atoms with Gasteiger partial charge in [-0.3, -0.25) is 9.59 Å². The number of ketones is 1. The van der Waals surface area contributed by atoms with Gasteiger partial charge in [-0.2, -0.15) is 0 Å². The van der Waals surface area contributed by atoms with E-state index in [4.69, 9.17) is 0 Å². The van der Waals surface area contributed by atoms with E-state index < -0.39 is 0 Å². The van der Waals surface area contributed by atoms with Gasteiger partial charge in [-0.05, 0) is 36.3 Å². The predicted octanol–water partition coefficient (Wildman–Crippen LogP) is 2.98. The van der Waals surface area contributed by atoms with Crippen molar-refractivity contribution in [1.82, 2.24) is 5.32 Å². The Morgan fingerprint density at radius 2 is 2.15 bits per heavy atom. The minimum absolute atomic E-state index is 0.0495. The van der Waals surface area contributed by atoms with Crippen molar-refractivity contribution < 1.29 is 9.59 Å². The van der Waals surface area contributed by atoms with Gasteiger partial charge in [0.25, 0.3) is 5.91 Å². The summed E-state index contributed by atoms with van der Waals surface area (Å²) in [5, 5.41) is 2.84. The van der Waals surface area contributed by atoms with Crippen LogP contribution in [0.2, 0.25) is 0 Å². The fourth-order valence-corrected chi connectivity index (χ4v) is 3.58. The SMILES string of the molecule is CC1(C)CCCC1C(=O)c1ccc2c(c1)C(=O)NCC2. The molecular formula is C17H21NO2. The van der Waals surface area contributed by atoms with Gasteiger partial charge in [0.15, 0.2) is 5.78 Å². The first-order valence-corrected chi connectivity index (χ1v) is 7.44. The third-order valence-corrected chi connectivity index (χ3v) is 4.89. The molecule has 1 amide bonds. The fraction of sp³-hybridized carbons (Fsp3) is 0.529. The average molecular weight is 271 g/mol. The summed E-state index contributed by atoms with van der Waals surface area (Å²) in [4.78, 5) is 24.6. The van der Waals surface area contributed by atoms with Crippen LogP contribution in [0.15, 0.2) is 18.2 Å². The van der Waals surface area contributed by atoms with Crippen molar-refractivity contribution in [3.8, 4) is 0 Å². The third-order valence-electron chi connectivity index (χ3n) is 4.89. The Morgan fingerprint density at radius 1 is 1.35 bits per heavy atom. The monoisotopic (exact) mass is 271 g/mol. The summed E-state index contributed by atoms with van der Waals surface area (Å²) in [5.41, 5.74) is 2.50. The van der Waals surface area contributed by atoms with Gasteiger partial charge < -0.3 is 5.32 Å². The lowest BCUT2D eigenvalue weighted by molar-refractivity contribution is 0.0839. The number of carbonyl (C=O) groups excluding carboxylic acids is 2. The molecule has 1 heterocycles. The van der Waals surface area contributed by atoms with Gasteiger partial charge in [-0.1, -0.05) is 32.4 Å². The molecule has 1 aromatic rings. The zero-order valence-electron chi connectivity index (χ0n) is 12.2. The van der Waals surface area contributed by atoms with Gasteiger partial charge in [0.2, 0.25) is 0 Å². The summed E-state index contributed by atoms with van der Waals surface area (Å²) in [6.45, 7) is 5.04. The molecule has 3 nitrogen and oxygen atoms in total. The van der Waals surface area contributed by atoms with E-state index in [1.54, 1.807) is 6.07 Å². The largest absolute Gasteiger partial charge is 0.352 e. The van der Waals surface area contributed by atoms with Crippen LogP contribution >= 0.6 is 0 Å². The highest BCUT2D eigenvalue weighted by Crippen LogP contribution is 2.44. The summed E-state index contributed by atoms with van der Waals surface area (Å²) in [6, 6.07) is 5.64. The molecule has 1 aliphatic carbocycles. The van der Waals surface area contributed by atoms with Crippen molar-refractivity contribution in [2.45, 2.75) is 39.5 Å². The number of carbonyl (C=O) groups is 2. The lowest BCUT2D eigenvalue weighted by Gasteiger charge is -2.26. The normalized spacial score (nSPS) is 24.1. The zero-order chi connectivity index (χ0) is 14.3. The second kappa shape index (κ2) is 4.72. The Bertz CT molecular complexity index is 574. The van der Waals surface area contributed by atoms with Gasteiger partial charge in [-0.15, -0.1) is 0 Å². The highest BCUT2D eigenvalue weighted by Gasteiger charge is 2.39. The molecule has 0 spiro atoms. The molecule has 106 valence electrons.